The largest absolute Gasteiger partial charge is 0.444 e. The van der Waals surface area contributed by atoms with Crippen LogP contribution in [-0.2, 0) is 6.54 Å². The van der Waals surface area contributed by atoms with E-state index in [4.69, 9.17) is 4.42 Å². The van der Waals surface area contributed by atoms with Gasteiger partial charge in [-0.3, -0.25) is 0 Å². The maximum atomic E-state index is 5.64. The Labute approximate surface area is 198 Å². The van der Waals surface area contributed by atoms with Crippen LogP contribution in [-0.4, -0.2) is 48.6 Å². The zero-order chi connectivity index (χ0) is 20.5. The van der Waals surface area contributed by atoms with E-state index in [1.165, 1.54) is 44.5 Å². The second kappa shape index (κ2) is 12.9. The number of rotatable bonds is 8. The highest BCUT2D eigenvalue weighted by Crippen LogP contribution is 2.20. The molecule has 7 heteroatoms. The summed E-state index contributed by atoms with van der Waals surface area (Å²) >= 11 is 0. The molecule has 6 nitrogen and oxygen atoms in total. The standard InChI is InChI=1S/C23H35N5O.HI/c1-4-24-23(25-13-10-19-11-14-28(5-2)15-12-19)26-16-21-17-29-22(27-21)20-8-6-18(3)7-9-20;/h6-9,17,19H,4-5,10-16H2,1-3H3,(H2,24,25,26);1H. The predicted molar refractivity (Wildman–Crippen MR) is 134 cm³/mol. The molecular weight excluding hydrogens is 489 g/mol. The number of nitrogens with one attached hydrogen (secondary N) is 2. The fraction of sp³-hybridized carbons (Fsp3) is 0.565. The van der Waals surface area contributed by atoms with E-state index < -0.39 is 0 Å². The van der Waals surface area contributed by atoms with Crippen molar-refractivity contribution in [2.75, 3.05) is 32.7 Å². The van der Waals surface area contributed by atoms with Gasteiger partial charge in [-0.2, -0.15) is 0 Å². The third kappa shape index (κ3) is 7.58. The molecule has 0 aliphatic carbocycles. The van der Waals surface area contributed by atoms with Crippen molar-refractivity contribution in [1.29, 1.82) is 0 Å². The smallest absolute Gasteiger partial charge is 0.226 e. The Morgan fingerprint density at radius 3 is 2.57 bits per heavy atom. The van der Waals surface area contributed by atoms with Crippen LogP contribution in [0.4, 0.5) is 0 Å². The third-order valence-corrected chi connectivity index (χ3v) is 5.59. The second-order valence-electron chi connectivity index (χ2n) is 7.80. The zero-order valence-corrected chi connectivity index (χ0v) is 20.8. The third-order valence-electron chi connectivity index (χ3n) is 5.59. The van der Waals surface area contributed by atoms with Gasteiger partial charge in [0.1, 0.15) is 12.0 Å². The lowest BCUT2D eigenvalue weighted by molar-refractivity contribution is 0.187. The average Bonchev–Trinajstić information content (AvgIpc) is 3.22. The monoisotopic (exact) mass is 525 g/mol. The molecule has 0 bridgehead atoms. The first-order valence-electron chi connectivity index (χ1n) is 10.9. The summed E-state index contributed by atoms with van der Waals surface area (Å²) in [5.41, 5.74) is 3.05. The number of nitrogens with zero attached hydrogens (tertiary/aromatic N) is 3. The lowest BCUT2D eigenvalue weighted by Crippen LogP contribution is -2.39. The molecule has 1 saturated heterocycles. The van der Waals surface area contributed by atoms with E-state index in [9.17, 15) is 0 Å². The maximum Gasteiger partial charge on any atom is 0.226 e. The Hall–Kier alpha value is -1.61. The fourth-order valence-corrected chi connectivity index (χ4v) is 3.70. The highest BCUT2D eigenvalue weighted by Gasteiger charge is 2.17. The van der Waals surface area contributed by atoms with Crippen molar-refractivity contribution in [3.05, 3.63) is 41.8 Å². The first-order chi connectivity index (χ1) is 14.2. The van der Waals surface area contributed by atoms with E-state index in [-0.39, 0.29) is 24.0 Å². The van der Waals surface area contributed by atoms with Crippen molar-refractivity contribution < 1.29 is 4.42 Å². The van der Waals surface area contributed by atoms with Crippen LogP contribution in [0.5, 0.6) is 0 Å². The Balaban J connectivity index is 0.00000320. The SMILES string of the molecule is CCNC(=NCc1coc(-c2ccc(C)cc2)n1)NCCC1CCN(CC)CC1.I. The van der Waals surface area contributed by atoms with Crippen molar-refractivity contribution in [3.63, 3.8) is 0 Å². The van der Waals surface area contributed by atoms with Gasteiger partial charge in [0.25, 0.3) is 0 Å². The maximum absolute atomic E-state index is 5.64. The summed E-state index contributed by atoms with van der Waals surface area (Å²) in [7, 11) is 0. The summed E-state index contributed by atoms with van der Waals surface area (Å²) in [6, 6.07) is 8.20. The van der Waals surface area contributed by atoms with Crippen LogP contribution < -0.4 is 10.6 Å². The molecule has 166 valence electrons. The molecule has 0 amide bonds. The Morgan fingerprint density at radius 2 is 1.90 bits per heavy atom. The normalized spacial score (nSPS) is 15.6. The highest BCUT2D eigenvalue weighted by atomic mass is 127. The molecule has 0 spiro atoms. The Kier molecular flexibility index (Phi) is 10.6. The average molecular weight is 525 g/mol. The molecule has 0 saturated carbocycles. The molecule has 2 aromatic rings. The molecule has 2 N–H and O–H groups in total. The lowest BCUT2D eigenvalue weighted by atomic mass is 9.93. The molecule has 0 radical (unpaired) electrons. The van der Waals surface area contributed by atoms with Gasteiger partial charge >= 0.3 is 0 Å². The van der Waals surface area contributed by atoms with Crippen molar-refractivity contribution >= 4 is 29.9 Å². The van der Waals surface area contributed by atoms with Gasteiger partial charge in [-0.1, -0.05) is 24.6 Å². The van der Waals surface area contributed by atoms with Crippen molar-refractivity contribution in [2.24, 2.45) is 10.9 Å². The first-order valence-corrected chi connectivity index (χ1v) is 10.9. The van der Waals surface area contributed by atoms with Gasteiger partial charge in [-0.05, 0) is 70.8 Å². The molecule has 30 heavy (non-hydrogen) atoms. The molecule has 1 fully saturated rings. The number of oxazole rings is 1. The van der Waals surface area contributed by atoms with Crippen LogP contribution >= 0.6 is 24.0 Å². The van der Waals surface area contributed by atoms with Gasteiger partial charge in [0.15, 0.2) is 5.96 Å². The quantitative estimate of drug-likeness (QED) is 0.303. The van der Waals surface area contributed by atoms with Crippen LogP contribution in [0.15, 0.2) is 39.9 Å². The Bertz CT molecular complexity index is 766. The van der Waals surface area contributed by atoms with Crippen LogP contribution in [0.25, 0.3) is 11.5 Å². The zero-order valence-electron chi connectivity index (χ0n) is 18.5. The number of aromatic nitrogens is 1. The van der Waals surface area contributed by atoms with Crippen molar-refractivity contribution in [1.82, 2.24) is 20.5 Å². The summed E-state index contributed by atoms with van der Waals surface area (Å²) in [6.07, 6.45) is 5.52. The summed E-state index contributed by atoms with van der Waals surface area (Å²) < 4.78 is 5.64. The number of aliphatic imine (C=N–C) groups is 1. The minimum absolute atomic E-state index is 0. The lowest BCUT2D eigenvalue weighted by Gasteiger charge is -2.31. The molecular formula is C23H36IN5O. The molecule has 3 rings (SSSR count). The van der Waals surface area contributed by atoms with Crippen LogP contribution in [0.3, 0.4) is 0 Å². The van der Waals surface area contributed by atoms with Crippen molar-refractivity contribution in [3.8, 4) is 11.5 Å². The number of likely N-dealkylation sites (tertiary alicyclic amines) is 1. The topological polar surface area (TPSA) is 65.7 Å². The van der Waals surface area contributed by atoms with E-state index in [1.54, 1.807) is 6.26 Å². The number of aryl methyl sites for hydroxylation is 1. The van der Waals surface area contributed by atoms with Crippen LogP contribution in [0.1, 0.15) is 44.4 Å². The number of hydrogen-bond acceptors (Lipinski definition) is 4. The summed E-state index contributed by atoms with van der Waals surface area (Å²) in [5, 5.41) is 6.80. The molecule has 1 aliphatic rings. The summed E-state index contributed by atoms with van der Waals surface area (Å²) in [5.74, 6) is 2.31. The van der Waals surface area contributed by atoms with Gasteiger partial charge in [0.2, 0.25) is 5.89 Å². The molecule has 2 heterocycles. The molecule has 1 aromatic heterocycles. The number of guanidine groups is 1. The van der Waals surface area contributed by atoms with Gasteiger partial charge in [0, 0.05) is 18.7 Å². The van der Waals surface area contributed by atoms with E-state index in [0.717, 1.165) is 36.2 Å². The summed E-state index contributed by atoms with van der Waals surface area (Å²) in [6.45, 7) is 12.4. The Morgan fingerprint density at radius 1 is 1.17 bits per heavy atom. The van der Waals surface area contributed by atoms with Crippen LogP contribution in [0.2, 0.25) is 0 Å². The molecule has 1 aliphatic heterocycles. The minimum Gasteiger partial charge on any atom is -0.444 e. The second-order valence-corrected chi connectivity index (χ2v) is 7.80. The number of halogens is 1. The first kappa shape index (κ1) is 24.7. The number of benzene rings is 1. The van der Waals surface area contributed by atoms with Gasteiger partial charge in [-0.25, -0.2) is 9.98 Å². The molecule has 1 aromatic carbocycles. The van der Waals surface area contributed by atoms with Crippen LogP contribution in [0, 0.1) is 12.8 Å². The van der Waals surface area contributed by atoms with Gasteiger partial charge in [0.05, 0.1) is 6.54 Å². The molecule has 0 atom stereocenters. The fourth-order valence-electron chi connectivity index (χ4n) is 3.70. The van der Waals surface area contributed by atoms with Gasteiger partial charge < -0.3 is 20.0 Å². The van der Waals surface area contributed by atoms with Gasteiger partial charge in [-0.15, -0.1) is 24.0 Å². The number of piperidine rings is 1. The van der Waals surface area contributed by atoms with Crippen molar-refractivity contribution in [2.45, 2.75) is 46.6 Å². The van der Waals surface area contributed by atoms with E-state index in [0.29, 0.717) is 12.4 Å². The predicted octanol–water partition coefficient (Wildman–Crippen LogP) is 4.45. The summed E-state index contributed by atoms with van der Waals surface area (Å²) in [4.78, 5) is 11.8. The van der Waals surface area contributed by atoms with E-state index in [1.807, 2.05) is 12.1 Å². The highest BCUT2D eigenvalue weighted by molar-refractivity contribution is 14.0. The van der Waals surface area contributed by atoms with E-state index in [2.05, 4.69) is 58.4 Å². The van der Waals surface area contributed by atoms with E-state index >= 15 is 0 Å². The molecule has 0 unspecified atom stereocenters. The number of hydrogen-bond donors (Lipinski definition) is 2. The minimum atomic E-state index is 0.